The molecule has 4 heteroatoms. The number of benzene rings is 1. The van der Waals surface area contributed by atoms with Gasteiger partial charge in [-0.3, -0.25) is 0 Å². The SMILES string of the molecule is CCOc1ccc(CCNCC2COCCN2)cc1. The van der Waals surface area contributed by atoms with Crippen molar-refractivity contribution in [3.8, 4) is 5.75 Å². The highest BCUT2D eigenvalue weighted by molar-refractivity contribution is 5.27. The number of morpholine rings is 1. The van der Waals surface area contributed by atoms with E-state index in [4.69, 9.17) is 9.47 Å². The Bertz CT molecular complexity index is 348. The Morgan fingerprint density at radius 2 is 2.21 bits per heavy atom. The third kappa shape index (κ3) is 5.19. The van der Waals surface area contributed by atoms with Crippen molar-refractivity contribution in [1.29, 1.82) is 0 Å². The highest BCUT2D eigenvalue weighted by Gasteiger charge is 2.11. The van der Waals surface area contributed by atoms with E-state index in [1.807, 2.05) is 19.1 Å². The molecule has 0 aromatic heterocycles. The monoisotopic (exact) mass is 264 g/mol. The average Bonchev–Trinajstić information content (AvgIpc) is 2.47. The number of rotatable bonds is 7. The molecule has 2 N–H and O–H groups in total. The normalized spacial score (nSPS) is 19.3. The first-order valence-electron chi connectivity index (χ1n) is 7.12. The summed E-state index contributed by atoms with van der Waals surface area (Å²) in [5, 5.41) is 6.90. The summed E-state index contributed by atoms with van der Waals surface area (Å²) >= 11 is 0. The van der Waals surface area contributed by atoms with Crippen LogP contribution in [0, 0.1) is 0 Å². The quantitative estimate of drug-likeness (QED) is 0.726. The molecule has 1 heterocycles. The molecule has 1 aliphatic heterocycles. The summed E-state index contributed by atoms with van der Waals surface area (Å²) in [5.74, 6) is 0.947. The van der Waals surface area contributed by atoms with Gasteiger partial charge in [0.25, 0.3) is 0 Å². The Morgan fingerprint density at radius 1 is 1.37 bits per heavy atom. The van der Waals surface area contributed by atoms with Crippen molar-refractivity contribution in [2.24, 2.45) is 0 Å². The fraction of sp³-hybridized carbons (Fsp3) is 0.600. The molecule has 0 spiro atoms. The van der Waals surface area contributed by atoms with Crippen LogP contribution in [0.15, 0.2) is 24.3 Å². The van der Waals surface area contributed by atoms with Crippen LogP contribution in [-0.2, 0) is 11.2 Å². The van der Waals surface area contributed by atoms with E-state index in [-0.39, 0.29) is 0 Å². The van der Waals surface area contributed by atoms with Crippen molar-refractivity contribution in [1.82, 2.24) is 10.6 Å². The van der Waals surface area contributed by atoms with Gasteiger partial charge >= 0.3 is 0 Å². The maximum Gasteiger partial charge on any atom is 0.119 e. The number of nitrogens with one attached hydrogen (secondary N) is 2. The third-order valence-electron chi connectivity index (χ3n) is 3.21. The van der Waals surface area contributed by atoms with Crippen LogP contribution in [0.4, 0.5) is 0 Å². The summed E-state index contributed by atoms with van der Waals surface area (Å²) in [5.41, 5.74) is 1.34. The molecule has 0 radical (unpaired) electrons. The smallest absolute Gasteiger partial charge is 0.119 e. The van der Waals surface area contributed by atoms with Gasteiger partial charge in [0.2, 0.25) is 0 Å². The van der Waals surface area contributed by atoms with Crippen LogP contribution in [0.1, 0.15) is 12.5 Å². The van der Waals surface area contributed by atoms with E-state index in [0.29, 0.717) is 6.04 Å². The maximum atomic E-state index is 5.43. The minimum atomic E-state index is 0.453. The second-order valence-corrected chi connectivity index (χ2v) is 4.76. The van der Waals surface area contributed by atoms with Crippen LogP contribution in [0.3, 0.4) is 0 Å². The van der Waals surface area contributed by atoms with E-state index in [1.54, 1.807) is 0 Å². The van der Waals surface area contributed by atoms with Crippen molar-refractivity contribution in [3.05, 3.63) is 29.8 Å². The summed E-state index contributed by atoms with van der Waals surface area (Å²) in [6.07, 6.45) is 1.04. The van der Waals surface area contributed by atoms with Crippen LogP contribution in [0.25, 0.3) is 0 Å². The molecule has 1 aromatic rings. The van der Waals surface area contributed by atoms with E-state index in [1.165, 1.54) is 5.56 Å². The number of hydrogen-bond acceptors (Lipinski definition) is 4. The zero-order valence-corrected chi connectivity index (χ0v) is 11.7. The van der Waals surface area contributed by atoms with E-state index >= 15 is 0 Å². The first-order chi connectivity index (χ1) is 9.38. The molecule has 0 saturated carbocycles. The Kier molecular flexibility index (Phi) is 6.14. The highest BCUT2D eigenvalue weighted by Crippen LogP contribution is 2.12. The summed E-state index contributed by atoms with van der Waals surface area (Å²) < 4.78 is 10.8. The molecule has 2 rings (SSSR count). The van der Waals surface area contributed by atoms with Gasteiger partial charge in [0.15, 0.2) is 0 Å². The molecule has 19 heavy (non-hydrogen) atoms. The minimum absolute atomic E-state index is 0.453. The van der Waals surface area contributed by atoms with Crippen LogP contribution in [-0.4, -0.2) is 45.5 Å². The zero-order valence-electron chi connectivity index (χ0n) is 11.7. The molecule has 0 aliphatic carbocycles. The summed E-state index contributed by atoms with van der Waals surface area (Å²) in [4.78, 5) is 0. The highest BCUT2D eigenvalue weighted by atomic mass is 16.5. The lowest BCUT2D eigenvalue weighted by Gasteiger charge is -2.24. The molecule has 0 amide bonds. The second kappa shape index (κ2) is 8.15. The van der Waals surface area contributed by atoms with E-state index in [0.717, 1.165) is 51.6 Å². The molecule has 106 valence electrons. The van der Waals surface area contributed by atoms with Gasteiger partial charge < -0.3 is 20.1 Å². The van der Waals surface area contributed by atoms with Crippen LogP contribution < -0.4 is 15.4 Å². The van der Waals surface area contributed by atoms with Crippen molar-refractivity contribution in [2.75, 3.05) is 39.5 Å². The van der Waals surface area contributed by atoms with Gasteiger partial charge in [-0.05, 0) is 37.6 Å². The maximum absolute atomic E-state index is 5.43. The molecule has 4 nitrogen and oxygen atoms in total. The molecule has 1 aliphatic rings. The fourth-order valence-electron chi connectivity index (χ4n) is 2.18. The lowest BCUT2D eigenvalue weighted by Crippen LogP contribution is -2.47. The Labute approximate surface area is 115 Å². The van der Waals surface area contributed by atoms with Crippen molar-refractivity contribution >= 4 is 0 Å². The van der Waals surface area contributed by atoms with Crippen molar-refractivity contribution in [3.63, 3.8) is 0 Å². The van der Waals surface area contributed by atoms with Gasteiger partial charge in [-0.1, -0.05) is 12.1 Å². The summed E-state index contributed by atoms with van der Waals surface area (Å²) in [7, 11) is 0. The molecule has 1 atom stereocenters. The predicted octanol–water partition coefficient (Wildman–Crippen LogP) is 1.21. The van der Waals surface area contributed by atoms with Gasteiger partial charge in [-0.15, -0.1) is 0 Å². The zero-order chi connectivity index (χ0) is 13.3. The predicted molar refractivity (Wildman–Crippen MR) is 76.8 cm³/mol. The Morgan fingerprint density at radius 3 is 2.89 bits per heavy atom. The molecule has 1 unspecified atom stereocenters. The molecule has 0 bridgehead atoms. The molecule has 1 aromatic carbocycles. The van der Waals surface area contributed by atoms with Crippen LogP contribution in [0.5, 0.6) is 5.75 Å². The molecule has 1 saturated heterocycles. The second-order valence-electron chi connectivity index (χ2n) is 4.76. The largest absolute Gasteiger partial charge is 0.494 e. The molecule has 1 fully saturated rings. The van der Waals surface area contributed by atoms with Gasteiger partial charge in [0.1, 0.15) is 5.75 Å². The minimum Gasteiger partial charge on any atom is -0.494 e. The summed E-state index contributed by atoms with van der Waals surface area (Å²) in [6, 6.07) is 8.79. The fourth-order valence-corrected chi connectivity index (χ4v) is 2.18. The first-order valence-corrected chi connectivity index (χ1v) is 7.12. The topological polar surface area (TPSA) is 42.5 Å². The van der Waals surface area contributed by atoms with Crippen molar-refractivity contribution in [2.45, 2.75) is 19.4 Å². The van der Waals surface area contributed by atoms with E-state index in [9.17, 15) is 0 Å². The first kappa shape index (κ1) is 14.3. The van der Waals surface area contributed by atoms with Gasteiger partial charge in [0.05, 0.1) is 19.8 Å². The van der Waals surface area contributed by atoms with Crippen molar-refractivity contribution < 1.29 is 9.47 Å². The van der Waals surface area contributed by atoms with Gasteiger partial charge in [-0.2, -0.15) is 0 Å². The van der Waals surface area contributed by atoms with Gasteiger partial charge in [-0.25, -0.2) is 0 Å². The van der Waals surface area contributed by atoms with E-state index < -0.39 is 0 Å². The average molecular weight is 264 g/mol. The summed E-state index contributed by atoms with van der Waals surface area (Å²) in [6.45, 7) is 7.30. The lowest BCUT2D eigenvalue weighted by molar-refractivity contribution is 0.0768. The number of ether oxygens (including phenoxy) is 2. The van der Waals surface area contributed by atoms with Crippen LogP contribution in [0.2, 0.25) is 0 Å². The Hall–Kier alpha value is -1.10. The third-order valence-corrected chi connectivity index (χ3v) is 3.21. The van der Waals surface area contributed by atoms with E-state index in [2.05, 4.69) is 22.8 Å². The molecular weight excluding hydrogens is 240 g/mol. The standard InChI is InChI=1S/C15H24N2O2/c1-2-19-15-5-3-13(4-6-15)7-8-16-11-14-12-18-10-9-17-14/h3-6,14,16-17H,2,7-12H2,1H3. The lowest BCUT2D eigenvalue weighted by atomic mass is 10.1. The number of hydrogen-bond donors (Lipinski definition) is 2. The van der Waals surface area contributed by atoms with Gasteiger partial charge in [0, 0.05) is 19.1 Å². The Balaban J connectivity index is 1.62. The van der Waals surface area contributed by atoms with Crippen LogP contribution >= 0.6 is 0 Å². The molecular formula is C15H24N2O2.